The molecule has 4 heteroatoms. The highest BCUT2D eigenvalue weighted by atomic mass is 35.5. The Kier molecular flexibility index (Phi) is 6.34. The molecule has 1 aliphatic heterocycles. The van der Waals surface area contributed by atoms with Gasteiger partial charge in [-0.05, 0) is 12.3 Å². The molecular formula is C12H25ClN2O. The molecule has 1 amide bonds. The fraction of sp³-hybridized carbons (Fsp3) is 0.917. The van der Waals surface area contributed by atoms with Crippen molar-refractivity contribution in [1.29, 1.82) is 0 Å². The van der Waals surface area contributed by atoms with Crippen molar-refractivity contribution in [3.05, 3.63) is 0 Å². The van der Waals surface area contributed by atoms with Gasteiger partial charge in [-0.15, -0.1) is 12.4 Å². The van der Waals surface area contributed by atoms with Crippen molar-refractivity contribution in [2.24, 2.45) is 5.41 Å². The van der Waals surface area contributed by atoms with Crippen molar-refractivity contribution in [3.63, 3.8) is 0 Å². The molecule has 1 fully saturated rings. The van der Waals surface area contributed by atoms with Gasteiger partial charge < -0.3 is 10.2 Å². The highest BCUT2D eigenvalue weighted by molar-refractivity contribution is 5.85. The Hall–Kier alpha value is -0.280. The molecule has 96 valence electrons. The van der Waals surface area contributed by atoms with Crippen LogP contribution >= 0.6 is 12.4 Å². The van der Waals surface area contributed by atoms with Gasteiger partial charge >= 0.3 is 0 Å². The summed E-state index contributed by atoms with van der Waals surface area (Å²) in [5, 5.41) is 3.30. The standard InChI is InChI=1S/C12H24N2O.ClH/c1-5-12(3,4)8-11(15)14-7-6-13-9-10(14)2;/h10,13H,5-9H2,1-4H3;1H/t10-;/m1./s1. The van der Waals surface area contributed by atoms with Crippen LogP contribution in [0.2, 0.25) is 0 Å². The van der Waals surface area contributed by atoms with Gasteiger partial charge in [0.15, 0.2) is 0 Å². The molecule has 0 aromatic rings. The van der Waals surface area contributed by atoms with Crippen molar-refractivity contribution in [2.45, 2.75) is 46.6 Å². The van der Waals surface area contributed by atoms with Gasteiger partial charge in [0.25, 0.3) is 0 Å². The average Bonchev–Trinajstić information content (AvgIpc) is 2.17. The molecule has 0 unspecified atom stereocenters. The fourth-order valence-electron chi connectivity index (χ4n) is 1.85. The van der Waals surface area contributed by atoms with Crippen LogP contribution in [0.3, 0.4) is 0 Å². The van der Waals surface area contributed by atoms with E-state index >= 15 is 0 Å². The Labute approximate surface area is 105 Å². The van der Waals surface area contributed by atoms with Gasteiger partial charge in [-0.3, -0.25) is 4.79 Å². The van der Waals surface area contributed by atoms with E-state index in [9.17, 15) is 4.79 Å². The van der Waals surface area contributed by atoms with Crippen LogP contribution in [0.25, 0.3) is 0 Å². The summed E-state index contributed by atoms with van der Waals surface area (Å²) in [6.07, 6.45) is 1.73. The summed E-state index contributed by atoms with van der Waals surface area (Å²) in [6.45, 7) is 11.3. The summed E-state index contributed by atoms with van der Waals surface area (Å²) in [6, 6.07) is 0.346. The summed E-state index contributed by atoms with van der Waals surface area (Å²) in [5.41, 5.74) is 0.141. The minimum Gasteiger partial charge on any atom is -0.337 e. The van der Waals surface area contributed by atoms with Crippen LogP contribution in [0.15, 0.2) is 0 Å². The SMILES string of the molecule is CCC(C)(C)CC(=O)N1CCNC[C@H]1C.Cl. The second kappa shape index (κ2) is 6.45. The Balaban J connectivity index is 0.00000225. The van der Waals surface area contributed by atoms with Crippen LogP contribution in [-0.2, 0) is 4.79 Å². The van der Waals surface area contributed by atoms with Gasteiger partial charge in [-0.25, -0.2) is 0 Å². The minimum absolute atomic E-state index is 0. The highest BCUT2D eigenvalue weighted by Crippen LogP contribution is 2.25. The molecule has 1 heterocycles. The number of amides is 1. The molecule has 0 aromatic heterocycles. The largest absolute Gasteiger partial charge is 0.337 e. The molecular weight excluding hydrogens is 224 g/mol. The Morgan fingerprint density at radius 3 is 2.62 bits per heavy atom. The molecule has 0 radical (unpaired) electrons. The first-order chi connectivity index (χ1) is 6.96. The van der Waals surface area contributed by atoms with Gasteiger partial charge in [0.2, 0.25) is 5.91 Å². The molecule has 0 saturated carbocycles. The highest BCUT2D eigenvalue weighted by Gasteiger charge is 2.27. The van der Waals surface area contributed by atoms with Crippen LogP contribution in [0.4, 0.5) is 0 Å². The number of nitrogens with zero attached hydrogens (tertiary/aromatic N) is 1. The van der Waals surface area contributed by atoms with Gasteiger partial charge in [0.1, 0.15) is 0 Å². The number of carbonyl (C=O) groups is 1. The minimum atomic E-state index is 0. The molecule has 1 aliphatic rings. The molecule has 1 N–H and O–H groups in total. The van der Waals surface area contributed by atoms with E-state index in [-0.39, 0.29) is 17.8 Å². The zero-order chi connectivity index (χ0) is 11.5. The molecule has 1 atom stereocenters. The number of halogens is 1. The van der Waals surface area contributed by atoms with Gasteiger partial charge in [0.05, 0.1) is 0 Å². The molecule has 0 bridgehead atoms. The zero-order valence-corrected chi connectivity index (χ0v) is 11.7. The van der Waals surface area contributed by atoms with Crippen LogP contribution in [-0.4, -0.2) is 36.5 Å². The predicted molar refractivity (Wildman–Crippen MR) is 70.0 cm³/mol. The van der Waals surface area contributed by atoms with Gasteiger partial charge in [-0.1, -0.05) is 27.2 Å². The number of hydrogen-bond acceptors (Lipinski definition) is 2. The van der Waals surface area contributed by atoms with E-state index in [1.165, 1.54) is 0 Å². The van der Waals surface area contributed by atoms with Gasteiger partial charge in [-0.2, -0.15) is 0 Å². The summed E-state index contributed by atoms with van der Waals surface area (Å²) >= 11 is 0. The van der Waals surface area contributed by atoms with Crippen LogP contribution < -0.4 is 5.32 Å². The predicted octanol–water partition coefficient (Wildman–Crippen LogP) is 2.05. The second-order valence-corrected chi connectivity index (χ2v) is 5.33. The summed E-state index contributed by atoms with van der Waals surface area (Å²) in [5.74, 6) is 0.316. The maximum Gasteiger partial charge on any atom is 0.223 e. The van der Waals surface area contributed by atoms with Crippen molar-refractivity contribution in [3.8, 4) is 0 Å². The molecule has 0 aliphatic carbocycles. The summed E-state index contributed by atoms with van der Waals surface area (Å²) < 4.78 is 0. The zero-order valence-electron chi connectivity index (χ0n) is 10.9. The number of piperazine rings is 1. The lowest BCUT2D eigenvalue weighted by Gasteiger charge is -2.36. The maximum atomic E-state index is 12.1. The van der Waals surface area contributed by atoms with Gasteiger partial charge in [0, 0.05) is 32.1 Å². The first-order valence-corrected chi connectivity index (χ1v) is 5.96. The molecule has 0 aromatic carbocycles. The van der Waals surface area contributed by atoms with E-state index in [0.717, 1.165) is 26.1 Å². The Bertz CT molecular complexity index is 231. The smallest absolute Gasteiger partial charge is 0.223 e. The number of hydrogen-bond donors (Lipinski definition) is 1. The van der Waals surface area contributed by atoms with E-state index in [1.54, 1.807) is 0 Å². The first-order valence-electron chi connectivity index (χ1n) is 5.96. The summed E-state index contributed by atoms with van der Waals surface area (Å²) in [7, 11) is 0. The molecule has 1 rings (SSSR count). The Morgan fingerprint density at radius 1 is 1.50 bits per heavy atom. The van der Waals surface area contributed by atoms with Crippen molar-refractivity contribution in [1.82, 2.24) is 10.2 Å². The van der Waals surface area contributed by atoms with Crippen LogP contribution in [0, 0.1) is 5.41 Å². The topological polar surface area (TPSA) is 32.3 Å². The number of rotatable bonds is 3. The van der Waals surface area contributed by atoms with Crippen LogP contribution in [0.5, 0.6) is 0 Å². The molecule has 0 spiro atoms. The third kappa shape index (κ3) is 4.30. The lowest BCUT2D eigenvalue weighted by Crippen LogP contribution is -2.52. The Morgan fingerprint density at radius 2 is 2.12 bits per heavy atom. The quantitative estimate of drug-likeness (QED) is 0.829. The lowest BCUT2D eigenvalue weighted by molar-refractivity contribution is -0.136. The van der Waals surface area contributed by atoms with Crippen molar-refractivity contribution >= 4 is 18.3 Å². The third-order valence-electron chi connectivity index (χ3n) is 3.41. The maximum absolute atomic E-state index is 12.1. The van der Waals surface area contributed by atoms with Crippen molar-refractivity contribution < 1.29 is 4.79 Å². The van der Waals surface area contributed by atoms with E-state index in [0.29, 0.717) is 18.4 Å². The molecule has 3 nitrogen and oxygen atoms in total. The fourth-order valence-corrected chi connectivity index (χ4v) is 1.85. The monoisotopic (exact) mass is 248 g/mol. The third-order valence-corrected chi connectivity index (χ3v) is 3.41. The second-order valence-electron chi connectivity index (χ2n) is 5.33. The lowest BCUT2D eigenvalue weighted by atomic mass is 9.86. The first kappa shape index (κ1) is 15.7. The average molecular weight is 249 g/mol. The van der Waals surface area contributed by atoms with Crippen LogP contribution in [0.1, 0.15) is 40.5 Å². The van der Waals surface area contributed by atoms with E-state index in [4.69, 9.17) is 0 Å². The summed E-state index contributed by atoms with van der Waals surface area (Å²) in [4.78, 5) is 14.1. The van der Waals surface area contributed by atoms with E-state index in [1.807, 2.05) is 4.90 Å². The van der Waals surface area contributed by atoms with E-state index in [2.05, 4.69) is 33.0 Å². The normalized spacial score (nSPS) is 21.5. The molecule has 1 saturated heterocycles. The van der Waals surface area contributed by atoms with E-state index < -0.39 is 0 Å². The molecule has 16 heavy (non-hydrogen) atoms. The number of carbonyl (C=O) groups excluding carboxylic acids is 1. The van der Waals surface area contributed by atoms with Crippen molar-refractivity contribution in [2.75, 3.05) is 19.6 Å². The number of nitrogens with one attached hydrogen (secondary N) is 1.